The molecule has 1 N–H and O–H groups in total. The van der Waals surface area contributed by atoms with Gasteiger partial charge in [0.1, 0.15) is 12.6 Å². The van der Waals surface area contributed by atoms with E-state index in [2.05, 4.69) is 21.2 Å². The van der Waals surface area contributed by atoms with Crippen LogP contribution in [-0.4, -0.2) is 43.8 Å². The van der Waals surface area contributed by atoms with Gasteiger partial charge in [-0.15, -0.1) is 0 Å². The van der Waals surface area contributed by atoms with Gasteiger partial charge in [-0.2, -0.15) is 0 Å². The number of anilines is 1. The summed E-state index contributed by atoms with van der Waals surface area (Å²) in [6.07, 6.45) is 5.28. The van der Waals surface area contributed by atoms with E-state index in [1.54, 1.807) is 49.4 Å². The monoisotopic (exact) mass is 749 g/mol. The van der Waals surface area contributed by atoms with Crippen molar-refractivity contribution in [1.29, 1.82) is 0 Å². The minimum atomic E-state index is -4.21. The molecule has 0 unspecified atom stereocenters. The summed E-state index contributed by atoms with van der Waals surface area (Å²) in [5.74, 6) is -0.746. The number of rotatable bonds is 12. The molecule has 10 heteroatoms. The van der Waals surface area contributed by atoms with Gasteiger partial charge in [-0.25, -0.2) is 8.42 Å². The fraction of sp³-hybridized carbons (Fsp3) is 0.316. The number of carbonyl (C=O) groups excluding carboxylic acids is 2. The van der Waals surface area contributed by atoms with Crippen molar-refractivity contribution >= 4 is 55.1 Å². The fourth-order valence-electron chi connectivity index (χ4n) is 6.18. The molecule has 48 heavy (non-hydrogen) atoms. The quantitative estimate of drug-likeness (QED) is 0.159. The number of sulfonamides is 1. The van der Waals surface area contributed by atoms with Crippen LogP contribution >= 0.6 is 27.5 Å². The highest BCUT2D eigenvalue weighted by molar-refractivity contribution is 9.10. The lowest BCUT2D eigenvalue weighted by Gasteiger charge is -2.35. The molecule has 1 aliphatic carbocycles. The molecule has 0 aromatic heterocycles. The normalized spacial score (nSPS) is 14.2. The highest BCUT2D eigenvalue weighted by atomic mass is 79.9. The molecule has 4 aromatic carbocycles. The first kappa shape index (κ1) is 35.6. The first-order valence-corrected chi connectivity index (χ1v) is 18.9. The largest absolute Gasteiger partial charge is 0.352 e. The van der Waals surface area contributed by atoms with E-state index in [1.807, 2.05) is 61.5 Å². The smallest absolute Gasteiger partial charge is 0.264 e. The van der Waals surface area contributed by atoms with Crippen LogP contribution in [0.3, 0.4) is 0 Å². The van der Waals surface area contributed by atoms with E-state index in [4.69, 9.17) is 11.6 Å². The lowest BCUT2D eigenvalue weighted by molar-refractivity contribution is -0.140. The maximum absolute atomic E-state index is 14.8. The molecule has 1 aliphatic rings. The van der Waals surface area contributed by atoms with Gasteiger partial charge in [0.15, 0.2) is 0 Å². The molecule has 1 atom stereocenters. The molecule has 0 spiro atoms. The molecule has 5 rings (SSSR count). The zero-order chi connectivity index (χ0) is 34.3. The molecule has 0 aliphatic heterocycles. The number of halogens is 2. The molecule has 0 heterocycles. The maximum Gasteiger partial charge on any atom is 0.264 e. The van der Waals surface area contributed by atoms with E-state index in [9.17, 15) is 18.0 Å². The van der Waals surface area contributed by atoms with Gasteiger partial charge >= 0.3 is 0 Å². The Morgan fingerprint density at radius 3 is 2.23 bits per heavy atom. The highest BCUT2D eigenvalue weighted by Crippen LogP contribution is 2.30. The van der Waals surface area contributed by atoms with Gasteiger partial charge < -0.3 is 10.2 Å². The van der Waals surface area contributed by atoms with Crippen molar-refractivity contribution in [2.24, 2.45) is 0 Å². The summed E-state index contributed by atoms with van der Waals surface area (Å²) in [4.78, 5) is 30.6. The maximum atomic E-state index is 14.8. The van der Waals surface area contributed by atoms with Gasteiger partial charge in [0.2, 0.25) is 11.8 Å². The van der Waals surface area contributed by atoms with Crippen molar-refractivity contribution in [3.05, 3.63) is 129 Å². The van der Waals surface area contributed by atoms with Crippen LogP contribution in [0, 0.1) is 13.8 Å². The zero-order valence-electron chi connectivity index (χ0n) is 27.2. The van der Waals surface area contributed by atoms with Crippen molar-refractivity contribution in [3.8, 4) is 0 Å². The Bertz CT molecular complexity index is 1830. The lowest BCUT2D eigenvalue weighted by atomic mass is 9.94. The number of hydrogen-bond acceptors (Lipinski definition) is 4. The third-order valence-electron chi connectivity index (χ3n) is 8.78. The Morgan fingerprint density at radius 2 is 1.56 bits per heavy atom. The number of aryl methyl sites for hydroxylation is 2. The van der Waals surface area contributed by atoms with Crippen LogP contribution < -0.4 is 9.62 Å². The Hall–Kier alpha value is -3.66. The minimum Gasteiger partial charge on any atom is -0.352 e. The van der Waals surface area contributed by atoms with Crippen LogP contribution in [0.2, 0.25) is 5.02 Å². The van der Waals surface area contributed by atoms with E-state index in [1.165, 1.54) is 4.90 Å². The van der Waals surface area contributed by atoms with Crippen LogP contribution in [0.4, 0.5) is 5.69 Å². The molecular weight excluding hydrogens is 710 g/mol. The number of nitrogens with one attached hydrogen (secondary N) is 1. The van der Waals surface area contributed by atoms with E-state index in [-0.39, 0.29) is 29.8 Å². The second kappa shape index (κ2) is 16.2. The van der Waals surface area contributed by atoms with E-state index >= 15 is 0 Å². The van der Waals surface area contributed by atoms with Crippen LogP contribution in [0.5, 0.6) is 0 Å². The SMILES string of the molecule is Cc1ccc(S(=O)(=O)N(CC(=O)N(Cc2cccc(Br)c2)[C@H](Cc2ccccc2)C(=O)NC2CCCCC2)c2ccc(Cl)cc2C)cc1. The number of carbonyl (C=O) groups is 2. The second-order valence-corrected chi connectivity index (χ2v) is 15.7. The Labute approximate surface area is 297 Å². The summed E-state index contributed by atoms with van der Waals surface area (Å²) in [6.45, 7) is 3.23. The van der Waals surface area contributed by atoms with Crippen LogP contribution in [0.25, 0.3) is 0 Å². The Kier molecular flexibility index (Phi) is 12.0. The Morgan fingerprint density at radius 1 is 0.875 bits per heavy atom. The second-order valence-electron chi connectivity index (χ2n) is 12.5. The van der Waals surface area contributed by atoms with Crippen molar-refractivity contribution in [2.45, 2.75) is 75.9 Å². The molecule has 1 saturated carbocycles. The average molecular weight is 751 g/mol. The van der Waals surface area contributed by atoms with Gasteiger partial charge in [0, 0.05) is 28.5 Å². The molecule has 0 radical (unpaired) electrons. The van der Waals surface area contributed by atoms with Gasteiger partial charge in [-0.3, -0.25) is 13.9 Å². The Balaban J connectivity index is 1.58. The molecule has 0 bridgehead atoms. The van der Waals surface area contributed by atoms with Crippen LogP contribution in [0.15, 0.2) is 106 Å². The van der Waals surface area contributed by atoms with Gasteiger partial charge in [0.05, 0.1) is 10.6 Å². The highest BCUT2D eigenvalue weighted by Gasteiger charge is 2.36. The average Bonchev–Trinajstić information content (AvgIpc) is 3.06. The van der Waals surface area contributed by atoms with Crippen LogP contribution in [0.1, 0.15) is 54.4 Å². The summed E-state index contributed by atoms with van der Waals surface area (Å²) in [6, 6.07) is 27.8. The predicted octanol–water partition coefficient (Wildman–Crippen LogP) is 8.00. The summed E-state index contributed by atoms with van der Waals surface area (Å²) < 4.78 is 30.6. The van der Waals surface area contributed by atoms with Crippen molar-refractivity contribution in [2.75, 3.05) is 10.8 Å². The third kappa shape index (κ3) is 9.07. The number of amides is 2. The van der Waals surface area contributed by atoms with E-state index in [0.717, 1.165) is 57.6 Å². The molecule has 252 valence electrons. The molecule has 4 aromatic rings. The minimum absolute atomic E-state index is 0.0301. The number of hydrogen-bond donors (Lipinski definition) is 1. The zero-order valence-corrected chi connectivity index (χ0v) is 30.4. The van der Waals surface area contributed by atoms with Crippen molar-refractivity contribution in [1.82, 2.24) is 10.2 Å². The van der Waals surface area contributed by atoms with Gasteiger partial charge in [-0.1, -0.05) is 107 Å². The van der Waals surface area contributed by atoms with Crippen LogP contribution in [-0.2, 0) is 32.6 Å². The molecule has 1 fully saturated rings. The molecular formula is C38H41BrClN3O4S. The van der Waals surface area contributed by atoms with Crippen molar-refractivity contribution in [3.63, 3.8) is 0 Å². The summed E-state index contributed by atoms with van der Waals surface area (Å²) in [5, 5.41) is 3.70. The fourth-order valence-corrected chi connectivity index (χ4v) is 8.33. The molecule has 7 nitrogen and oxygen atoms in total. The summed E-state index contributed by atoms with van der Waals surface area (Å²) in [5.41, 5.74) is 3.54. The van der Waals surface area contributed by atoms with E-state index in [0.29, 0.717) is 16.3 Å². The molecule has 0 saturated heterocycles. The lowest BCUT2D eigenvalue weighted by Crippen LogP contribution is -2.55. The number of nitrogens with zero attached hydrogens (tertiary/aromatic N) is 2. The number of benzene rings is 4. The van der Waals surface area contributed by atoms with Crippen molar-refractivity contribution < 1.29 is 18.0 Å². The van der Waals surface area contributed by atoms with E-state index < -0.39 is 28.5 Å². The first-order chi connectivity index (χ1) is 23.0. The van der Waals surface area contributed by atoms with Gasteiger partial charge in [-0.05, 0) is 85.8 Å². The summed E-state index contributed by atoms with van der Waals surface area (Å²) in [7, 11) is -4.21. The predicted molar refractivity (Wildman–Crippen MR) is 196 cm³/mol. The standard InChI is InChI=1S/C38H41BrClN3O4S/c1-27-16-19-34(20-17-27)48(46,47)43(35-21-18-32(40)22-28(35)2)26-37(44)42(25-30-12-9-13-31(39)23-30)36(24-29-10-5-3-6-11-29)38(45)41-33-14-7-4-8-15-33/h3,5-6,9-13,16-23,33,36H,4,7-8,14-15,24-26H2,1-2H3,(H,41,45)/t36-/m1/s1. The summed E-state index contributed by atoms with van der Waals surface area (Å²) >= 11 is 9.81. The first-order valence-electron chi connectivity index (χ1n) is 16.2. The molecule has 2 amide bonds. The van der Waals surface area contributed by atoms with Gasteiger partial charge in [0.25, 0.3) is 10.0 Å². The third-order valence-corrected chi connectivity index (χ3v) is 11.3. The topological polar surface area (TPSA) is 86.8 Å².